The van der Waals surface area contributed by atoms with Crippen LogP contribution in [-0.2, 0) is 0 Å². The van der Waals surface area contributed by atoms with E-state index in [0.29, 0.717) is 37.0 Å². The Balaban J connectivity index is 1.32. The monoisotopic (exact) mass is 461 g/mol. The van der Waals surface area contributed by atoms with Gasteiger partial charge in [0.25, 0.3) is 5.91 Å². The summed E-state index contributed by atoms with van der Waals surface area (Å²) < 4.78 is 40.5. The molecule has 1 aliphatic heterocycles. The molecule has 0 unspecified atom stereocenters. The lowest BCUT2D eigenvalue weighted by atomic mass is 9.98. The molecule has 1 saturated heterocycles. The van der Waals surface area contributed by atoms with Gasteiger partial charge in [0.1, 0.15) is 22.5 Å². The number of hydrogen-bond acceptors (Lipinski definition) is 5. The van der Waals surface area contributed by atoms with E-state index in [1.54, 1.807) is 6.07 Å². The summed E-state index contributed by atoms with van der Waals surface area (Å²) in [6, 6.07) is 8.30. The first-order valence-corrected chi connectivity index (χ1v) is 10.6. The third kappa shape index (κ3) is 4.88. The van der Waals surface area contributed by atoms with Gasteiger partial charge in [-0.25, -0.2) is 18.0 Å². The van der Waals surface area contributed by atoms with Crippen molar-refractivity contribution in [2.75, 3.05) is 23.7 Å². The Labute approximate surface area is 185 Å². The molecule has 4 rings (SSSR count). The molecule has 166 valence electrons. The fraction of sp³-hybridized carbons (Fsp3) is 0.238. The Morgan fingerprint density at radius 2 is 1.66 bits per heavy atom. The maximum atomic E-state index is 13.7. The number of piperidine rings is 1. The maximum Gasteiger partial charge on any atom is 0.321 e. The average molecular weight is 461 g/mol. The van der Waals surface area contributed by atoms with Crippen LogP contribution in [0.1, 0.15) is 33.6 Å². The predicted octanol–water partition coefficient (Wildman–Crippen LogP) is 4.62. The average Bonchev–Trinajstić information content (AvgIpc) is 3.28. The summed E-state index contributed by atoms with van der Waals surface area (Å²) in [4.78, 5) is 26.3. The van der Waals surface area contributed by atoms with E-state index < -0.39 is 29.4 Å². The minimum absolute atomic E-state index is 0.00844. The van der Waals surface area contributed by atoms with Crippen LogP contribution in [0.3, 0.4) is 0 Å². The van der Waals surface area contributed by atoms with Gasteiger partial charge in [0.05, 0.1) is 11.4 Å². The van der Waals surface area contributed by atoms with Gasteiger partial charge in [-0.3, -0.25) is 4.79 Å². The second-order valence-corrected chi connectivity index (χ2v) is 8.20. The molecule has 2 heterocycles. The summed E-state index contributed by atoms with van der Waals surface area (Å²) in [6.07, 6.45) is 1.17. The maximum absolute atomic E-state index is 13.7. The minimum Gasteiger partial charge on any atom is -0.324 e. The van der Waals surface area contributed by atoms with Crippen LogP contribution in [0.4, 0.5) is 29.3 Å². The Bertz CT molecular complexity index is 1150. The molecule has 1 aliphatic rings. The Hall–Kier alpha value is -3.47. The molecule has 0 spiro atoms. The van der Waals surface area contributed by atoms with Gasteiger partial charge in [0, 0.05) is 25.1 Å². The van der Waals surface area contributed by atoms with Crippen LogP contribution in [0.2, 0.25) is 0 Å². The van der Waals surface area contributed by atoms with Crippen LogP contribution in [0, 0.1) is 17.5 Å². The Morgan fingerprint density at radius 3 is 2.38 bits per heavy atom. The van der Waals surface area contributed by atoms with E-state index in [-0.39, 0.29) is 22.3 Å². The van der Waals surface area contributed by atoms with Crippen molar-refractivity contribution >= 4 is 34.6 Å². The van der Waals surface area contributed by atoms with Crippen LogP contribution in [0.25, 0.3) is 0 Å². The van der Waals surface area contributed by atoms with E-state index in [2.05, 4.69) is 20.8 Å². The summed E-state index contributed by atoms with van der Waals surface area (Å²) in [5.74, 6) is -2.65. The lowest BCUT2D eigenvalue weighted by Gasteiger charge is -2.31. The fourth-order valence-electron chi connectivity index (χ4n) is 3.34. The summed E-state index contributed by atoms with van der Waals surface area (Å²) in [5, 5.41) is 13.7. The standard InChI is InChI=1S/C21H18F3N5O2S/c22-13-5-6-17(15(24)11-13)26-21(31)29-9-7-12(8-10-29)19-27-28-20(32-19)18(30)25-16-4-2-1-3-14(16)23/h1-6,11-12H,7-10H2,(H,25,30)(H,26,31). The van der Waals surface area contributed by atoms with Crippen molar-refractivity contribution in [1.82, 2.24) is 15.1 Å². The van der Waals surface area contributed by atoms with Gasteiger partial charge in [0.15, 0.2) is 0 Å². The van der Waals surface area contributed by atoms with Crippen molar-refractivity contribution in [3.63, 3.8) is 0 Å². The number of nitrogens with zero attached hydrogens (tertiary/aromatic N) is 3. The predicted molar refractivity (Wildman–Crippen MR) is 113 cm³/mol. The van der Waals surface area contributed by atoms with Gasteiger partial charge in [-0.1, -0.05) is 23.5 Å². The van der Waals surface area contributed by atoms with Gasteiger partial charge >= 0.3 is 6.03 Å². The smallest absolute Gasteiger partial charge is 0.321 e. The molecule has 0 bridgehead atoms. The highest BCUT2D eigenvalue weighted by molar-refractivity contribution is 7.13. The number of halogens is 3. The molecule has 2 N–H and O–H groups in total. The van der Waals surface area contributed by atoms with E-state index in [1.807, 2.05) is 0 Å². The molecular formula is C21H18F3N5O2S. The number of para-hydroxylation sites is 1. The molecular weight excluding hydrogens is 443 g/mol. The van der Waals surface area contributed by atoms with Crippen LogP contribution in [0.15, 0.2) is 42.5 Å². The summed E-state index contributed by atoms with van der Waals surface area (Å²) in [5.41, 5.74) is -0.0284. The molecule has 0 aliphatic carbocycles. The van der Waals surface area contributed by atoms with Gasteiger partial charge in [-0.05, 0) is 37.1 Å². The van der Waals surface area contributed by atoms with Gasteiger partial charge in [-0.2, -0.15) is 0 Å². The zero-order valence-corrected chi connectivity index (χ0v) is 17.5. The molecule has 0 saturated carbocycles. The number of urea groups is 1. The van der Waals surface area contributed by atoms with Crippen LogP contribution in [-0.4, -0.2) is 40.1 Å². The molecule has 3 amide bonds. The summed E-state index contributed by atoms with van der Waals surface area (Å²) >= 11 is 1.13. The molecule has 0 radical (unpaired) electrons. The number of carbonyl (C=O) groups excluding carboxylic acids is 2. The highest BCUT2D eigenvalue weighted by Gasteiger charge is 2.27. The molecule has 1 aromatic heterocycles. The van der Waals surface area contributed by atoms with E-state index in [9.17, 15) is 22.8 Å². The number of anilines is 2. The van der Waals surface area contributed by atoms with Crippen molar-refractivity contribution in [3.8, 4) is 0 Å². The number of aromatic nitrogens is 2. The topological polar surface area (TPSA) is 87.2 Å². The Kier molecular flexibility index (Phi) is 6.35. The van der Waals surface area contributed by atoms with Crippen LogP contribution in [0.5, 0.6) is 0 Å². The van der Waals surface area contributed by atoms with Crippen molar-refractivity contribution in [1.29, 1.82) is 0 Å². The second kappa shape index (κ2) is 9.35. The second-order valence-electron chi connectivity index (χ2n) is 7.20. The van der Waals surface area contributed by atoms with Crippen molar-refractivity contribution in [2.45, 2.75) is 18.8 Å². The number of hydrogen-bond donors (Lipinski definition) is 2. The third-order valence-electron chi connectivity index (χ3n) is 5.06. The Morgan fingerprint density at radius 1 is 0.938 bits per heavy atom. The fourth-order valence-corrected chi connectivity index (χ4v) is 4.25. The van der Waals surface area contributed by atoms with E-state index in [0.717, 1.165) is 17.4 Å². The van der Waals surface area contributed by atoms with Crippen molar-refractivity contribution in [2.24, 2.45) is 0 Å². The third-order valence-corrected chi connectivity index (χ3v) is 6.15. The van der Waals surface area contributed by atoms with Crippen LogP contribution >= 0.6 is 11.3 Å². The quantitative estimate of drug-likeness (QED) is 0.594. The zero-order valence-electron chi connectivity index (χ0n) is 16.6. The highest BCUT2D eigenvalue weighted by Crippen LogP contribution is 2.31. The zero-order chi connectivity index (χ0) is 22.7. The van der Waals surface area contributed by atoms with E-state index in [4.69, 9.17) is 0 Å². The molecule has 7 nitrogen and oxygen atoms in total. The van der Waals surface area contributed by atoms with Gasteiger partial charge in [-0.15, -0.1) is 10.2 Å². The molecule has 0 atom stereocenters. The molecule has 32 heavy (non-hydrogen) atoms. The van der Waals surface area contributed by atoms with Crippen molar-refractivity contribution < 1.29 is 22.8 Å². The lowest BCUT2D eigenvalue weighted by Crippen LogP contribution is -2.40. The number of amides is 3. The summed E-state index contributed by atoms with van der Waals surface area (Å²) in [7, 11) is 0. The number of carbonyl (C=O) groups is 2. The van der Waals surface area contributed by atoms with Crippen molar-refractivity contribution in [3.05, 3.63) is 69.9 Å². The number of nitrogens with one attached hydrogen (secondary N) is 2. The normalized spacial score (nSPS) is 14.3. The number of likely N-dealkylation sites (tertiary alicyclic amines) is 1. The minimum atomic E-state index is -0.844. The highest BCUT2D eigenvalue weighted by atomic mass is 32.1. The van der Waals surface area contributed by atoms with Gasteiger partial charge < -0.3 is 15.5 Å². The van der Waals surface area contributed by atoms with Gasteiger partial charge in [0.2, 0.25) is 5.01 Å². The lowest BCUT2D eigenvalue weighted by molar-refractivity contribution is 0.102. The van der Waals surface area contributed by atoms with E-state index in [1.165, 1.54) is 29.2 Å². The van der Waals surface area contributed by atoms with E-state index >= 15 is 0 Å². The SMILES string of the molecule is O=C(Nc1ccccc1F)c1nnc(C2CCN(C(=O)Nc3ccc(F)cc3F)CC2)s1. The number of benzene rings is 2. The molecule has 1 fully saturated rings. The molecule has 11 heteroatoms. The molecule has 2 aromatic carbocycles. The molecule has 3 aromatic rings. The van der Waals surface area contributed by atoms with Crippen LogP contribution < -0.4 is 10.6 Å². The first-order chi connectivity index (χ1) is 15.4. The summed E-state index contributed by atoms with van der Waals surface area (Å²) in [6.45, 7) is 0.797. The first-order valence-electron chi connectivity index (χ1n) is 9.81. The largest absolute Gasteiger partial charge is 0.324 e. The number of rotatable bonds is 4. The first kappa shape index (κ1) is 21.8.